The lowest BCUT2D eigenvalue weighted by atomic mass is 9.85. The lowest BCUT2D eigenvalue weighted by Gasteiger charge is -2.38. The van der Waals surface area contributed by atoms with Gasteiger partial charge in [-0.2, -0.15) is 13.2 Å². The van der Waals surface area contributed by atoms with Crippen molar-refractivity contribution in [2.75, 3.05) is 6.54 Å². The van der Waals surface area contributed by atoms with Crippen LogP contribution in [0.2, 0.25) is 0 Å². The predicted molar refractivity (Wildman–Crippen MR) is 125 cm³/mol. The zero-order valence-corrected chi connectivity index (χ0v) is 19.3. The van der Waals surface area contributed by atoms with Gasteiger partial charge < -0.3 is 15.0 Å². The molecule has 3 aliphatic rings. The number of nitrogens with one attached hydrogen (secondary N) is 1. The maximum absolute atomic E-state index is 13.3. The molecular formula is C25H19ClF4N2OS. The fourth-order valence-electron chi connectivity index (χ4n) is 4.67. The highest BCUT2D eigenvalue weighted by atomic mass is 35.5. The Labute approximate surface area is 204 Å². The summed E-state index contributed by atoms with van der Waals surface area (Å²) in [6.45, 7) is 0.511. The van der Waals surface area contributed by atoms with E-state index in [9.17, 15) is 17.6 Å². The topological polar surface area (TPSA) is 24.5 Å². The summed E-state index contributed by atoms with van der Waals surface area (Å²) in [6, 6.07) is 10.1. The Morgan fingerprint density at radius 1 is 1.06 bits per heavy atom. The number of fused-ring (bicyclic) bond motifs is 2. The van der Waals surface area contributed by atoms with Crippen LogP contribution in [0.15, 0.2) is 82.7 Å². The highest BCUT2D eigenvalue weighted by Gasteiger charge is 2.42. The zero-order chi connectivity index (χ0) is 24.0. The molecule has 3 nitrogen and oxygen atoms in total. The van der Waals surface area contributed by atoms with Crippen molar-refractivity contribution in [3.8, 4) is 5.75 Å². The minimum absolute atomic E-state index is 0.109. The lowest BCUT2D eigenvalue weighted by Crippen LogP contribution is -2.42. The summed E-state index contributed by atoms with van der Waals surface area (Å²) in [7, 11) is 0. The van der Waals surface area contributed by atoms with E-state index in [1.54, 1.807) is 0 Å². The van der Waals surface area contributed by atoms with Gasteiger partial charge >= 0.3 is 6.18 Å². The maximum atomic E-state index is 13.3. The summed E-state index contributed by atoms with van der Waals surface area (Å²) in [4.78, 5) is 1.85. The zero-order valence-electron chi connectivity index (χ0n) is 17.7. The van der Waals surface area contributed by atoms with E-state index in [0.717, 1.165) is 28.6 Å². The van der Waals surface area contributed by atoms with Gasteiger partial charge in [-0.25, -0.2) is 4.39 Å². The number of ether oxygens (including phenoxy) is 1. The monoisotopic (exact) mass is 506 g/mol. The van der Waals surface area contributed by atoms with Gasteiger partial charge in [-0.15, -0.1) is 0 Å². The third kappa shape index (κ3) is 4.32. The van der Waals surface area contributed by atoms with E-state index in [0.29, 0.717) is 30.7 Å². The Morgan fingerprint density at radius 3 is 2.44 bits per heavy atom. The van der Waals surface area contributed by atoms with Crippen molar-refractivity contribution in [2.24, 2.45) is 5.92 Å². The number of hydrogen-bond acceptors (Lipinski definition) is 3. The second-order valence-corrected chi connectivity index (χ2v) is 9.18. The Hall–Kier alpha value is -2.84. The smallest absolute Gasteiger partial charge is 0.416 e. The molecule has 5 rings (SSSR count). The van der Waals surface area contributed by atoms with Crippen LogP contribution in [0.5, 0.6) is 5.75 Å². The molecule has 176 valence electrons. The number of allylic oxidation sites excluding steroid dienone is 4. The van der Waals surface area contributed by atoms with E-state index >= 15 is 0 Å². The van der Waals surface area contributed by atoms with Gasteiger partial charge in [-0.3, -0.25) is 0 Å². The Bertz CT molecular complexity index is 1220. The maximum Gasteiger partial charge on any atom is 0.416 e. The minimum atomic E-state index is -4.43. The highest BCUT2D eigenvalue weighted by Crippen LogP contribution is 2.47. The molecule has 0 aromatic heterocycles. The van der Waals surface area contributed by atoms with E-state index < -0.39 is 23.6 Å². The van der Waals surface area contributed by atoms with Crippen LogP contribution in [0.3, 0.4) is 0 Å². The molecule has 0 radical (unpaired) electrons. The molecule has 0 fully saturated rings. The van der Waals surface area contributed by atoms with E-state index in [2.05, 4.69) is 5.32 Å². The predicted octanol–water partition coefficient (Wildman–Crippen LogP) is 6.84. The molecule has 2 atom stereocenters. The number of thiocarbonyl (C=S) groups is 1. The van der Waals surface area contributed by atoms with E-state index in [-0.39, 0.29) is 11.1 Å². The van der Waals surface area contributed by atoms with Crippen molar-refractivity contribution in [1.29, 1.82) is 0 Å². The summed E-state index contributed by atoms with van der Waals surface area (Å²) in [5, 5.41) is 4.39. The molecule has 1 N–H and O–H groups in total. The Kier molecular flexibility index (Phi) is 5.90. The van der Waals surface area contributed by atoms with E-state index in [1.165, 1.54) is 42.0 Å². The third-order valence-electron chi connectivity index (χ3n) is 6.28. The Balaban J connectivity index is 1.51. The number of alkyl halides is 3. The summed E-state index contributed by atoms with van der Waals surface area (Å²) >= 11 is 11.9. The van der Waals surface area contributed by atoms with Crippen molar-refractivity contribution in [3.63, 3.8) is 0 Å². The van der Waals surface area contributed by atoms with Gasteiger partial charge in [0.2, 0.25) is 0 Å². The summed E-state index contributed by atoms with van der Waals surface area (Å²) in [5.74, 6) is 0.0919. The number of hydrogen-bond donors (Lipinski definition) is 1. The quantitative estimate of drug-likeness (QED) is 0.356. The molecule has 2 aromatic carbocycles. The average molecular weight is 507 g/mol. The van der Waals surface area contributed by atoms with Crippen LogP contribution in [0.4, 0.5) is 17.6 Å². The second-order valence-electron chi connectivity index (χ2n) is 8.34. The van der Waals surface area contributed by atoms with E-state index in [4.69, 9.17) is 28.6 Å². The van der Waals surface area contributed by atoms with E-state index in [1.807, 2.05) is 17.1 Å². The molecule has 0 saturated heterocycles. The van der Waals surface area contributed by atoms with Crippen LogP contribution in [-0.4, -0.2) is 16.6 Å². The molecule has 2 heterocycles. The molecule has 0 bridgehead atoms. The van der Waals surface area contributed by atoms with Crippen molar-refractivity contribution < 1.29 is 22.3 Å². The van der Waals surface area contributed by atoms with Crippen LogP contribution in [0.25, 0.3) is 0 Å². The lowest BCUT2D eigenvalue weighted by molar-refractivity contribution is -0.137. The first kappa shape index (κ1) is 22.9. The van der Waals surface area contributed by atoms with Crippen LogP contribution in [0.1, 0.15) is 30.0 Å². The standard InChI is InChI=1S/C25H19ClF4N2OS/c26-16-5-10-21-20(13-16)19-11-12-32(24(34)33-18-8-6-17(27)7-9-18)23(22(19)31-21)14-1-3-15(4-2-14)25(28,29)30/h1-10,20,23,31H,11-13H2. The van der Waals surface area contributed by atoms with Gasteiger partial charge in [0.25, 0.3) is 5.17 Å². The number of halogens is 5. The molecule has 0 spiro atoms. The van der Waals surface area contributed by atoms with Crippen molar-refractivity contribution in [3.05, 3.63) is 99.6 Å². The largest absolute Gasteiger partial charge is 0.432 e. The average Bonchev–Trinajstić information content (AvgIpc) is 3.17. The van der Waals surface area contributed by atoms with Crippen molar-refractivity contribution >= 4 is 29.0 Å². The molecule has 9 heteroatoms. The van der Waals surface area contributed by atoms with Gasteiger partial charge in [-0.1, -0.05) is 23.7 Å². The van der Waals surface area contributed by atoms with Crippen molar-refractivity contribution in [1.82, 2.24) is 10.2 Å². The normalized spacial score (nSPS) is 21.9. The molecule has 2 aliphatic heterocycles. The molecule has 2 unspecified atom stereocenters. The molecule has 1 aliphatic carbocycles. The molecule has 2 aromatic rings. The highest BCUT2D eigenvalue weighted by molar-refractivity contribution is 7.80. The van der Waals surface area contributed by atoms with Gasteiger partial charge in [0.15, 0.2) is 0 Å². The summed E-state index contributed by atoms with van der Waals surface area (Å²) in [6.07, 6.45) is 0.736. The first-order valence-corrected chi connectivity index (χ1v) is 11.5. The van der Waals surface area contributed by atoms with Gasteiger partial charge in [0.05, 0.1) is 11.6 Å². The third-order valence-corrected chi connectivity index (χ3v) is 6.88. The number of benzene rings is 2. The van der Waals surface area contributed by atoms with Gasteiger partial charge in [0, 0.05) is 28.9 Å². The molecule has 0 amide bonds. The fraction of sp³-hybridized carbons (Fsp3) is 0.240. The first-order valence-electron chi connectivity index (χ1n) is 10.7. The molecular weight excluding hydrogens is 488 g/mol. The fourth-order valence-corrected chi connectivity index (χ4v) is 5.18. The van der Waals surface area contributed by atoms with Gasteiger partial charge in [-0.05, 0) is 84.7 Å². The summed E-state index contributed by atoms with van der Waals surface area (Å²) in [5.41, 5.74) is 2.99. The van der Waals surface area contributed by atoms with Crippen molar-refractivity contribution in [2.45, 2.75) is 25.1 Å². The molecule has 34 heavy (non-hydrogen) atoms. The van der Waals surface area contributed by atoms with Crippen LogP contribution in [-0.2, 0) is 6.18 Å². The minimum Gasteiger partial charge on any atom is -0.432 e. The SMILES string of the molecule is Fc1ccc(OC(=S)N2CCC3=C(NC4=CC=C(Cl)CC43)C2c2ccc(C(F)(F)F)cc2)cc1. The van der Waals surface area contributed by atoms with Crippen LogP contribution < -0.4 is 10.1 Å². The van der Waals surface area contributed by atoms with Gasteiger partial charge in [0.1, 0.15) is 11.6 Å². The summed E-state index contributed by atoms with van der Waals surface area (Å²) < 4.78 is 58.6. The number of nitrogens with zero attached hydrogens (tertiary/aromatic N) is 1. The first-order chi connectivity index (χ1) is 16.2. The van der Waals surface area contributed by atoms with Crippen LogP contribution >= 0.6 is 23.8 Å². The Morgan fingerprint density at radius 2 is 1.76 bits per heavy atom. The number of rotatable bonds is 2. The second kappa shape index (κ2) is 8.74. The molecule has 0 saturated carbocycles. The van der Waals surface area contributed by atoms with Crippen LogP contribution in [0, 0.1) is 11.7 Å².